The van der Waals surface area contributed by atoms with E-state index in [1.807, 2.05) is 0 Å². The fourth-order valence-electron chi connectivity index (χ4n) is 2.56. The Bertz CT molecular complexity index is 746. The molecular formula is C14H18N2O6S. The van der Waals surface area contributed by atoms with E-state index in [1.165, 1.54) is 13.2 Å². The van der Waals surface area contributed by atoms with Crippen LogP contribution in [0.4, 0.5) is 0 Å². The van der Waals surface area contributed by atoms with Crippen LogP contribution in [0.1, 0.15) is 23.0 Å². The quantitative estimate of drug-likeness (QED) is 0.793. The van der Waals surface area contributed by atoms with Gasteiger partial charge in [-0.05, 0) is 18.9 Å². The van der Waals surface area contributed by atoms with Gasteiger partial charge in [-0.1, -0.05) is 6.92 Å². The summed E-state index contributed by atoms with van der Waals surface area (Å²) in [6.07, 6.45) is 1.16. The first-order chi connectivity index (χ1) is 10.7. The standard InChI is InChI=1S/C14H18N2O6S/c1-8-6-16(7-12(8)13(17)18)23(20,21)10-4-11(14(19)22-3)9(2)15-5-10/h4-5,8,12H,6-7H2,1-3H3,(H,17,18)/t8-,12-/m1/s1. The third kappa shape index (κ3) is 3.20. The van der Waals surface area contributed by atoms with Gasteiger partial charge in [0.05, 0.1) is 24.3 Å². The van der Waals surface area contributed by atoms with E-state index in [-0.39, 0.29) is 29.5 Å². The van der Waals surface area contributed by atoms with E-state index in [0.29, 0.717) is 5.69 Å². The number of hydrogen-bond donors (Lipinski definition) is 1. The van der Waals surface area contributed by atoms with Crippen LogP contribution in [0.3, 0.4) is 0 Å². The van der Waals surface area contributed by atoms with Crippen LogP contribution in [0.2, 0.25) is 0 Å². The molecule has 23 heavy (non-hydrogen) atoms. The fraction of sp³-hybridized carbons (Fsp3) is 0.500. The summed E-state index contributed by atoms with van der Waals surface area (Å²) in [7, 11) is -2.72. The molecule has 1 aliphatic heterocycles. The van der Waals surface area contributed by atoms with Crippen molar-refractivity contribution >= 4 is 22.0 Å². The number of methoxy groups -OCH3 is 1. The van der Waals surface area contributed by atoms with Crippen LogP contribution in [0, 0.1) is 18.8 Å². The molecule has 9 heteroatoms. The molecule has 1 fully saturated rings. The summed E-state index contributed by atoms with van der Waals surface area (Å²) in [6, 6.07) is 1.21. The van der Waals surface area contributed by atoms with Gasteiger partial charge in [-0.15, -0.1) is 0 Å². The highest BCUT2D eigenvalue weighted by Crippen LogP contribution is 2.29. The normalized spacial score (nSPS) is 22.0. The van der Waals surface area contributed by atoms with Crippen molar-refractivity contribution in [3.8, 4) is 0 Å². The number of aromatic nitrogens is 1. The van der Waals surface area contributed by atoms with Crippen LogP contribution < -0.4 is 0 Å². The number of aliphatic carboxylic acids is 1. The predicted molar refractivity (Wildman–Crippen MR) is 79.4 cm³/mol. The molecule has 1 aliphatic rings. The van der Waals surface area contributed by atoms with Gasteiger partial charge in [0.25, 0.3) is 0 Å². The first-order valence-corrected chi connectivity index (χ1v) is 8.40. The van der Waals surface area contributed by atoms with Gasteiger partial charge >= 0.3 is 11.9 Å². The summed E-state index contributed by atoms with van der Waals surface area (Å²) in [4.78, 5) is 26.6. The zero-order chi connectivity index (χ0) is 17.4. The molecular weight excluding hydrogens is 324 g/mol. The van der Waals surface area contributed by atoms with Crippen LogP contribution in [0.15, 0.2) is 17.2 Å². The Morgan fingerprint density at radius 1 is 1.39 bits per heavy atom. The summed E-state index contributed by atoms with van der Waals surface area (Å²) < 4.78 is 31.1. The molecule has 0 amide bonds. The molecule has 0 unspecified atom stereocenters. The summed E-state index contributed by atoms with van der Waals surface area (Å²) in [5.74, 6) is -2.73. The van der Waals surface area contributed by atoms with Crippen LogP contribution in [-0.2, 0) is 19.6 Å². The minimum Gasteiger partial charge on any atom is -0.481 e. The average molecular weight is 342 g/mol. The molecule has 1 aromatic rings. The number of rotatable bonds is 4. The summed E-state index contributed by atoms with van der Waals surface area (Å²) in [5.41, 5.74) is 0.421. The third-order valence-electron chi connectivity index (χ3n) is 4.00. The van der Waals surface area contributed by atoms with E-state index in [0.717, 1.165) is 10.5 Å². The SMILES string of the molecule is COC(=O)c1cc(S(=O)(=O)N2C[C@@H](C)[C@H](C(=O)O)C2)cnc1C. The number of carbonyl (C=O) groups is 2. The van der Waals surface area contributed by atoms with Crippen molar-refractivity contribution in [1.29, 1.82) is 0 Å². The Kier molecular flexibility index (Phi) is 4.71. The Hall–Kier alpha value is -2.00. The highest BCUT2D eigenvalue weighted by molar-refractivity contribution is 7.89. The molecule has 8 nitrogen and oxygen atoms in total. The van der Waals surface area contributed by atoms with Crippen LogP contribution in [0.25, 0.3) is 0 Å². The van der Waals surface area contributed by atoms with Crippen LogP contribution in [-0.4, -0.2) is 55.0 Å². The Morgan fingerprint density at radius 2 is 2.04 bits per heavy atom. The van der Waals surface area contributed by atoms with Crippen LogP contribution in [0.5, 0.6) is 0 Å². The number of aryl methyl sites for hydroxylation is 1. The molecule has 1 N–H and O–H groups in total. The lowest BCUT2D eigenvalue weighted by Gasteiger charge is -2.16. The van der Waals surface area contributed by atoms with Crippen molar-refractivity contribution in [3.05, 3.63) is 23.5 Å². The number of esters is 1. The minimum atomic E-state index is -3.92. The van der Waals surface area contributed by atoms with E-state index in [4.69, 9.17) is 5.11 Å². The fourth-order valence-corrected chi connectivity index (χ4v) is 4.10. The number of carbonyl (C=O) groups excluding carboxylic acids is 1. The molecule has 1 aromatic heterocycles. The Labute approximate surface area is 134 Å². The largest absolute Gasteiger partial charge is 0.481 e. The molecule has 1 saturated heterocycles. The lowest BCUT2D eigenvalue weighted by atomic mass is 9.99. The van der Waals surface area contributed by atoms with Gasteiger partial charge < -0.3 is 9.84 Å². The number of pyridine rings is 1. The first kappa shape index (κ1) is 17.4. The third-order valence-corrected chi connectivity index (χ3v) is 5.80. The Morgan fingerprint density at radius 3 is 2.57 bits per heavy atom. The smallest absolute Gasteiger partial charge is 0.339 e. The van der Waals surface area contributed by atoms with E-state index in [1.54, 1.807) is 13.8 Å². The molecule has 0 aliphatic carbocycles. The van der Waals surface area contributed by atoms with Crippen LogP contribution >= 0.6 is 0 Å². The van der Waals surface area contributed by atoms with Gasteiger partial charge in [-0.3, -0.25) is 9.78 Å². The maximum Gasteiger partial charge on any atom is 0.339 e. The number of hydrogen-bond acceptors (Lipinski definition) is 6. The number of nitrogens with zero attached hydrogens (tertiary/aromatic N) is 2. The van der Waals surface area contributed by atoms with Gasteiger partial charge in [0.15, 0.2) is 0 Å². The first-order valence-electron chi connectivity index (χ1n) is 6.96. The minimum absolute atomic E-state index is 0.0654. The highest BCUT2D eigenvalue weighted by Gasteiger charge is 2.41. The van der Waals surface area contributed by atoms with Gasteiger partial charge in [0.1, 0.15) is 4.90 Å². The second-order valence-corrected chi connectivity index (χ2v) is 7.48. The van der Waals surface area contributed by atoms with Gasteiger partial charge in [0.2, 0.25) is 10.0 Å². The van der Waals surface area contributed by atoms with Crippen molar-refractivity contribution in [1.82, 2.24) is 9.29 Å². The molecule has 126 valence electrons. The molecule has 0 spiro atoms. The van der Waals surface area contributed by atoms with Gasteiger partial charge in [-0.25, -0.2) is 13.2 Å². The topological polar surface area (TPSA) is 114 Å². The molecule has 0 bridgehead atoms. The van der Waals surface area contributed by atoms with Crippen molar-refractivity contribution in [2.24, 2.45) is 11.8 Å². The predicted octanol–water partition coefficient (Wildman–Crippen LogP) is 0.518. The molecule has 0 radical (unpaired) electrons. The lowest BCUT2D eigenvalue weighted by molar-refractivity contribution is -0.142. The molecule has 0 saturated carbocycles. The second-order valence-electron chi connectivity index (χ2n) is 5.54. The monoisotopic (exact) mass is 342 g/mol. The summed E-state index contributed by atoms with van der Waals surface area (Å²) >= 11 is 0. The van der Waals surface area contributed by atoms with Crippen molar-refractivity contribution in [2.45, 2.75) is 18.7 Å². The lowest BCUT2D eigenvalue weighted by Crippen LogP contribution is -2.30. The molecule has 0 aromatic carbocycles. The summed E-state index contributed by atoms with van der Waals surface area (Å²) in [6.45, 7) is 3.28. The molecule has 2 heterocycles. The zero-order valence-corrected chi connectivity index (χ0v) is 13.8. The van der Waals surface area contributed by atoms with Gasteiger partial charge in [-0.2, -0.15) is 4.31 Å². The number of ether oxygens (including phenoxy) is 1. The van der Waals surface area contributed by atoms with E-state index in [9.17, 15) is 18.0 Å². The van der Waals surface area contributed by atoms with Crippen molar-refractivity contribution in [3.63, 3.8) is 0 Å². The van der Waals surface area contributed by atoms with Crippen molar-refractivity contribution < 1.29 is 27.9 Å². The van der Waals surface area contributed by atoms with E-state index >= 15 is 0 Å². The number of carboxylic acid groups (broad SMARTS) is 1. The van der Waals surface area contributed by atoms with E-state index in [2.05, 4.69) is 9.72 Å². The second kappa shape index (κ2) is 6.25. The van der Waals surface area contributed by atoms with E-state index < -0.39 is 27.9 Å². The maximum atomic E-state index is 12.7. The highest BCUT2D eigenvalue weighted by atomic mass is 32.2. The van der Waals surface area contributed by atoms with Crippen molar-refractivity contribution in [2.75, 3.05) is 20.2 Å². The zero-order valence-electron chi connectivity index (χ0n) is 13.0. The maximum absolute atomic E-state index is 12.7. The number of carboxylic acids is 1. The molecule has 2 atom stereocenters. The van der Waals surface area contributed by atoms with Gasteiger partial charge in [0, 0.05) is 19.3 Å². The summed E-state index contributed by atoms with van der Waals surface area (Å²) in [5, 5.41) is 9.13. The number of sulfonamides is 1. The Balaban J connectivity index is 2.38. The average Bonchev–Trinajstić information content (AvgIpc) is 2.89. The molecule has 2 rings (SSSR count).